The van der Waals surface area contributed by atoms with Crippen molar-refractivity contribution in [3.63, 3.8) is 0 Å². The molecule has 2 N–H and O–H groups in total. The van der Waals surface area contributed by atoms with Crippen LogP contribution >= 0.6 is 0 Å². The number of anilines is 1. The summed E-state index contributed by atoms with van der Waals surface area (Å²) in [5.74, 6) is 0.337. The van der Waals surface area contributed by atoms with E-state index in [0.717, 1.165) is 0 Å². The molecule has 7 nitrogen and oxygen atoms in total. The summed E-state index contributed by atoms with van der Waals surface area (Å²) in [5, 5.41) is 5.93. The Bertz CT molecular complexity index is 918. The molecule has 3 aromatic rings. The van der Waals surface area contributed by atoms with Gasteiger partial charge in [-0.2, -0.15) is 8.78 Å². The molecule has 1 aliphatic rings. The third-order valence-electron chi connectivity index (χ3n) is 4.08. The molecule has 0 aromatic carbocycles. The molecule has 0 saturated carbocycles. The summed E-state index contributed by atoms with van der Waals surface area (Å²) in [6, 6.07) is 4.13. The number of alkyl halides is 3. The highest BCUT2D eigenvalue weighted by Gasteiger charge is 2.27. The van der Waals surface area contributed by atoms with Crippen LogP contribution in [0.2, 0.25) is 0 Å². The summed E-state index contributed by atoms with van der Waals surface area (Å²) >= 11 is 0. The Balaban J connectivity index is 1.62. The fourth-order valence-electron chi connectivity index (χ4n) is 2.85. The van der Waals surface area contributed by atoms with Crippen LogP contribution in [0.1, 0.15) is 0 Å². The quantitative estimate of drug-likeness (QED) is 0.722. The van der Waals surface area contributed by atoms with Crippen molar-refractivity contribution < 1.29 is 17.9 Å². The number of ether oxygens (including phenoxy) is 1. The molecule has 0 radical (unpaired) electrons. The molecule has 0 spiro atoms. The van der Waals surface area contributed by atoms with Gasteiger partial charge in [-0.1, -0.05) is 0 Å². The summed E-state index contributed by atoms with van der Waals surface area (Å²) < 4.78 is 44.4. The van der Waals surface area contributed by atoms with E-state index < -0.39 is 12.8 Å². The Labute approximate surface area is 146 Å². The minimum Gasteiger partial charge on any atom is -0.435 e. The van der Waals surface area contributed by atoms with Crippen molar-refractivity contribution in [2.75, 3.05) is 18.4 Å². The van der Waals surface area contributed by atoms with E-state index in [1.165, 1.54) is 12.1 Å². The first-order valence-electron chi connectivity index (χ1n) is 7.97. The van der Waals surface area contributed by atoms with Gasteiger partial charge >= 0.3 is 6.61 Å². The van der Waals surface area contributed by atoms with E-state index in [-0.39, 0.29) is 11.8 Å². The number of imidazole rings is 1. The molecule has 4 heterocycles. The zero-order valence-corrected chi connectivity index (χ0v) is 13.4. The van der Waals surface area contributed by atoms with Gasteiger partial charge in [-0.3, -0.25) is 4.40 Å². The zero-order chi connectivity index (χ0) is 18.1. The SMILES string of the molecule is FC(F)Oc1ccn2c(-c3ccnc(N[C@H]4CNC[C@@H]4F)n3)cnc2c1. The Morgan fingerprint density at radius 2 is 2.15 bits per heavy atom. The van der Waals surface area contributed by atoms with E-state index in [0.29, 0.717) is 36.1 Å². The van der Waals surface area contributed by atoms with Crippen LogP contribution in [-0.4, -0.2) is 51.3 Å². The molecule has 26 heavy (non-hydrogen) atoms. The maximum absolute atomic E-state index is 13.7. The lowest BCUT2D eigenvalue weighted by Gasteiger charge is -2.14. The number of aromatic nitrogens is 4. The van der Waals surface area contributed by atoms with Crippen molar-refractivity contribution >= 4 is 11.6 Å². The van der Waals surface area contributed by atoms with Gasteiger partial charge in [0.05, 0.1) is 23.6 Å². The first-order chi connectivity index (χ1) is 12.6. The van der Waals surface area contributed by atoms with Gasteiger partial charge in [0, 0.05) is 31.5 Å². The number of nitrogens with zero attached hydrogens (tertiary/aromatic N) is 4. The van der Waals surface area contributed by atoms with Gasteiger partial charge in [-0.25, -0.2) is 19.3 Å². The van der Waals surface area contributed by atoms with Crippen LogP contribution in [0.25, 0.3) is 17.0 Å². The number of nitrogens with one attached hydrogen (secondary N) is 2. The summed E-state index contributed by atoms with van der Waals surface area (Å²) in [6.07, 6.45) is 3.70. The molecule has 0 aliphatic carbocycles. The van der Waals surface area contributed by atoms with E-state index in [4.69, 9.17) is 0 Å². The van der Waals surface area contributed by atoms with Gasteiger partial charge in [0.25, 0.3) is 0 Å². The molecule has 10 heteroatoms. The topological polar surface area (TPSA) is 76.4 Å². The second-order valence-electron chi connectivity index (χ2n) is 5.80. The molecule has 136 valence electrons. The zero-order valence-electron chi connectivity index (χ0n) is 13.4. The van der Waals surface area contributed by atoms with Gasteiger partial charge in [-0.05, 0) is 12.1 Å². The fourth-order valence-corrected chi connectivity index (χ4v) is 2.85. The molecule has 1 fully saturated rings. The standard InChI is InChI=1S/C16H15F3N6O/c17-10-6-20-7-12(10)24-16-21-3-1-11(23-16)13-8-22-14-5-9(26-15(18)19)2-4-25(13)14/h1-5,8,10,12,15,20H,6-7H2,(H,21,23,24)/t10-,12-/m0/s1. The second-order valence-corrected chi connectivity index (χ2v) is 5.80. The number of pyridine rings is 1. The van der Waals surface area contributed by atoms with Gasteiger partial charge in [0.15, 0.2) is 0 Å². The van der Waals surface area contributed by atoms with Crippen LogP contribution < -0.4 is 15.4 Å². The predicted octanol–water partition coefficient (Wildman–Crippen LogP) is 2.11. The Morgan fingerprint density at radius 3 is 2.92 bits per heavy atom. The van der Waals surface area contributed by atoms with Crippen molar-refractivity contribution in [1.82, 2.24) is 24.7 Å². The largest absolute Gasteiger partial charge is 0.435 e. The molecule has 1 saturated heterocycles. The maximum Gasteiger partial charge on any atom is 0.387 e. The number of hydrogen-bond donors (Lipinski definition) is 2. The Kier molecular flexibility index (Phi) is 4.33. The highest BCUT2D eigenvalue weighted by molar-refractivity contribution is 5.62. The molecule has 0 amide bonds. The monoisotopic (exact) mass is 364 g/mol. The summed E-state index contributed by atoms with van der Waals surface area (Å²) in [6.45, 7) is -2.10. The van der Waals surface area contributed by atoms with Crippen molar-refractivity contribution in [2.24, 2.45) is 0 Å². The molecular formula is C16H15F3N6O. The minimum absolute atomic E-state index is 0.0254. The third-order valence-corrected chi connectivity index (χ3v) is 4.08. The van der Waals surface area contributed by atoms with Gasteiger partial charge in [-0.15, -0.1) is 0 Å². The van der Waals surface area contributed by atoms with Crippen LogP contribution in [0.3, 0.4) is 0 Å². The van der Waals surface area contributed by atoms with Crippen molar-refractivity contribution in [2.45, 2.75) is 18.8 Å². The van der Waals surface area contributed by atoms with Crippen molar-refractivity contribution in [3.8, 4) is 17.1 Å². The van der Waals surface area contributed by atoms with Crippen molar-refractivity contribution in [1.29, 1.82) is 0 Å². The first kappa shape index (κ1) is 16.6. The molecule has 1 aliphatic heterocycles. The third kappa shape index (κ3) is 3.27. The second kappa shape index (κ2) is 6.79. The average molecular weight is 364 g/mol. The molecule has 3 aromatic heterocycles. The van der Waals surface area contributed by atoms with Crippen LogP contribution in [0, 0.1) is 0 Å². The van der Waals surface area contributed by atoms with Gasteiger partial charge < -0.3 is 15.4 Å². The molecular weight excluding hydrogens is 349 g/mol. The molecule has 4 rings (SSSR count). The predicted molar refractivity (Wildman–Crippen MR) is 88.0 cm³/mol. The Hall–Kier alpha value is -2.88. The minimum atomic E-state index is -2.90. The first-order valence-corrected chi connectivity index (χ1v) is 7.97. The Morgan fingerprint density at radius 1 is 1.27 bits per heavy atom. The van der Waals surface area contributed by atoms with E-state index >= 15 is 0 Å². The summed E-state index contributed by atoms with van der Waals surface area (Å²) in [4.78, 5) is 12.7. The number of halogens is 3. The molecule has 0 unspecified atom stereocenters. The van der Waals surface area contributed by atoms with Gasteiger partial charge in [0.1, 0.15) is 17.6 Å². The van der Waals surface area contributed by atoms with Crippen molar-refractivity contribution in [3.05, 3.63) is 36.8 Å². The molecule has 2 atom stereocenters. The highest BCUT2D eigenvalue weighted by atomic mass is 19.3. The van der Waals surface area contributed by atoms with Crippen LogP contribution in [0.5, 0.6) is 5.75 Å². The number of hydrogen-bond acceptors (Lipinski definition) is 6. The van der Waals surface area contributed by atoms with Gasteiger partial charge in [0.2, 0.25) is 5.95 Å². The van der Waals surface area contributed by atoms with E-state index in [2.05, 4.69) is 30.3 Å². The van der Waals surface area contributed by atoms with E-state index in [9.17, 15) is 13.2 Å². The van der Waals surface area contributed by atoms with Crippen LogP contribution in [0.15, 0.2) is 36.8 Å². The summed E-state index contributed by atoms with van der Waals surface area (Å²) in [5.41, 5.74) is 1.66. The average Bonchev–Trinajstić information content (AvgIpc) is 3.21. The fraction of sp³-hybridized carbons (Fsp3) is 0.312. The lowest BCUT2D eigenvalue weighted by molar-refractivity contribution is -0.0498. The number of rotatable bonds is 5. The smallest absolute Gasteiger partial charge is 0.387 e. The summed E-state index contributed by atoms with van der Waals surface area (Å²) in [7, 11) is 0. The lowest BCUT2D eigenvalue weighted by atomic mass is 10.2. The molecule has 0 bridgehead atoms. The maximum atomic E-state index is 13.7. The normalized spacial score (nSPS) is 20.0. The van der Waals surface area contributed by atoms with E-state index in [1.807, 2.05) is 0 Å². The number of fused-ring (bicyclic) bond motifs is 1. The highest BCUT2D eigenvalue weighted by Crippen LogP contribution is 2.23. The lowest BCUT2D eigenvalue weighted by Crippen LogP contribution is -2.30. The van der Waals surface area contributed by atoms with E-state index in [1.54, 1.807) is 29.1 Å². The van der Waals surface area contributed by atoms with Crippen LogP contribution in [-0.2, 0) is 0 Å². The van der Waals surface area contributed by atoms with Crippen LogP contribution in [0.4, 0.5) is 19.1 Å².